The van der Waals surface area contributed by atoms with Crippen LogP contribution in [0.15, 0.2) is 59.7 Å². The van der Waals surface area contributed by atoms with Crippen molar-refractivity contribution in [3.8, 4) is 17.7 Å². The highest BCUT2D eigenvalue weighted by Gasteiger charge is 2.26. The van der Waals surface area contributed by atoms with Crippen molar-refractivity contribution < 1.29 is 4.74 Å². The van der Waals surface area contributed by atoms with Crippen molar-refractivity contribution in [3.63, 3.8) is 0 Å². The zero-order valence-electron chi connectivity index (χ0n) is 14.8. The monoisotopic (exact) mass is 462 g/mol. The highest BCUT2D eigenvalue weighted by Crippen LogP contribution is 2.16. The van der Waals surface area contributed by atoms with Crippen LogP contribution in [0.3, 0.4) is 0 Å². The van der Waals surface area contributed by atoms with Crippen molar-refractivity contribution in [3.05, 3.63) is 60.3 Å². The van der Waals surface area contributed by atoms with Crippen molar-refractivity contribution in [1.82, 2.24) is 15.2 Å². The molecule has 1 N–H and O–H groups in total. The van der Waals surface area contributed by atoms with Gasteiger partial charge in [-0.05, 0) is 18.2 Å². The number of nitrogens with zero attached hydrogens (tertiary/aromatic N) is 3. The molecule has 1 aliphatic rings. The molecule has 0 radical (unpaired) electrons. The minimum absolute atomic E-state index is 0. The first-order chi connectivity index (χ1) is 12.3. The molecule has 26 heavy (non-hydrogen) atoms. The molecule has 136 valence electrons. The summed E-state index contributed by atoms with van der Waals surface area (Å²) >= 11 is 0. The fourth-order valence-electron chi connectivity index (χ4n) is 2.73. The lowest BCUT2D eigenvalue weighted by molar-refractivity contribution is 0.205. The number of likely N-dealkylation sites (tertiary alicyclic amines) is 1. The third kappa shape index (κ3) is 5.92. The highest BCUT2D eigenvalue weighted by atomic mass is 127. The van der Waals surface area contributed by atoms with Gasteiger partial charge >= 0.3 is 0 Å². The Morgan fingerprint density at radius 3 is 2.81 bits per heavy atom. The molecule has 0 bridgehead atoms. The van der Waals surface area contributed by atoms with Crippen LogP contribution in [0.4, 0.5) is 0 Å². The minimum Gasteiger partial charge on any atom is -0.472 e. The van der Waals surface area contributed by atoms with Crippen LogP contribution in [-0.2, 0) is 0 Å². The largest absolute Gasteiger partial charge is 0.472 e. The van der Waals surface area contributed by atoms with Crippen molar-refractivity contribution in [2.75, 3.05) is 26.7 Å². The van der Waals surface area contributed by atoms with Crippen molar-refractivity contribution in [2.24, 2.45) is 4.99 Å². The molecule has 5 nitrogen and oxygen atoms in total. The van der Waals surface area contributed by atoms with E-state index in [4.69, 9.17) is 4.74 Å². The summed E-state index contributed by atoms with van der Waals surface area (Å²) in [6, 6.07) is 15.7. The normalized spacial score (nSPS) is 16.3. The molecule has 0 spiro atoms. The molecule has 1 fully saturated rings. The second kappa shape index (κ2) is 10.7. The third-order valence-electron chi connectivity index (χ3n) is 3.92. The number of aromatic nitrogens is 1. The molecular weight excluding hydrogens is 439 g/mol. The van der Waals surface area contributed by atoms with Gasteiger partial charge in [0.15, 0.2) is 5.96 Å². The first kappa shape index (κ1) is 20.0. The number of benzene rings is 1. The van der Waals surface area contributed by atoms with Crippen molar-refractivity contribution in [1.29, 1.82) is 0 Å². The van der Waals surface area contributed by atoms with Crippen LogP contribution in [0.2, 0.25) is 0 Å². The maximum Gasteiger partial charge on any atom is 0.213 e. The van der Waals surface area contributed by atoms with E-state index in [9.17, 15) is 0 Å². The van der Waals surface area contributed by atoms with Gasteiger partial charge in [-0.15, -0.1) is 24.0 Å². The minimum atomic E-state index is 0. The Bertz CT molecular complexity index is 756. The van der Waals surface area contributed by atoms with Gasteiger partial charge in [0.25, 0.3) is 0 Å². The predicted molar refractivity (Wildman–Crippen MR) is 115 cm³/mol. The summed E-state index contributed by atoms with van der Waals surface area (Å²) in [5.41, 5.74) is 1.02. The summed E-state index contributed by atoms with van der Waals surface area (Å²) in [6.45, 7) is 2.26. The van der Waals surface area contributed by atoms with Crippen molar-refractivity contribution >= 4 is 29.9 Å². The average molecular weight is 462 g/mol. The van der Waals surface area contributed by atoms with E-state index in [1.54, 1.807) is 13.2 Å². The summed E-state index contributed by atoms with van der Waals surface area (Å²) < 4.78 is 5.92. The van der Waals surface area contributed by atoms with Crippen LogP contribution >= 0.6 is 24.0 Å². The van der Waals surface area contributed by atoms with Crippen LogP contribution < -0.4 is 10.1 Å². The smallest absolute Gasteiger partial charge is 0.213 e. The van der Waals surface area contributed by atoms with Gasteiger partial charge in [-0.3, -0.25) is 4.99 Å². The van der Waals surface area contributed by atoms with Crippen LogP contribution in [0.25, 0.3) is 0 Å². The summed E-state index contributed by atoms with van der Waals surface area (Å²) in [7, 11) is 1.79. The summed E-state index contributed by atoms with van der Waals surface area (Å²) in [5, 5.41) is 3.30. The molecule has 2 aromatic rings. The molecule has 1 aromatic heterocycles. The van der Waals surface area contributed by atoms with Crippen LogP contribution in [0.1, 0.15) is 12.0 Å². The van der Waals surface area contributed by atoms with E-state index in [1.165, 1.54) is 0 Å². The molecule has 1 aromatic carbocycles. The van der Waals surface area contributed by atoms with E-state index in [0.29, 0.717) is 12.4 Å². The molecule has 6 heteroatoms. The van der Waals surface area contributed by atoms with E-state index >= 15 is 0 Å². The molecule has 1 aliphatic heterocycles. The van der Waals surface area contributed by atoms with E-state index < -0.39 is 0 Å². The Morgan fingerprint density at radius 2 is 2.08 bits per heavy atom. The standard InChI is InChI=1S/C20H22N4O.HI/c1-21-20(23-14-7-10-17-8-3-2-4-9-17)24-15-12-18(16-24)25-19-11-5-6-13-22-19;/h2-6,8-9,11,13,18H,12,14-16H2,1H3,(H,21,23);1H. The fourth-order valence-corrected chi connectivity index (χ4v) is 2.73. The Balaban J connectivity index is 0.00000243. The van der Waals surface area contributed by atoms with Crippen LogP contribution in [0.5, 0.6) is 5.88 Å². The zero-order valence-corrected chi connectivity index (χ0v) is 17.1. The number of guanidine groups is 1. The quantitative estimate of drug-likeness (QED) is 0.330. The van der Waals surface area contributed by atoms with Gasteiger partial charge in [-0.25, -0.2) is 4.98 Å². The number of rotatable bonds is 3. The molecule has 2 heterocycles. The molecule has 1 saturated heterocycles. The molecule has 3 rings (SSSR count). The highest BCUT2D eigenvalue weighted by molar-refractivity contribution is 14.0. The molecular formula is C20H23IN4O. The van der Waals surface area contributed by atoms with Crippen LogP contribution in [0, 0.1) is 11.8 Å². The van der Waals surface area contributed by atoms with E-state index in [2.05, 4.69) is 32.0 Å². The summed E-state index contributed by atoms with van der Waals surface area (Å²) in [5.74, 6) is 7.80. The Hall–Kier alpha value is -2.27. The third-order valence-corrected chi connectivity index (χ3v) is 3.92. The van der Waals surface area contributed by atoms with Gasteiger partial charge < -0.3 is 15.0 Å². The molecule has 0 aliphatic carbocycles. The Morgan fingerprint density at radius 1 is 1.27 bits per heavy atom. The number of pyridine rings is 1. The van der Waals surface area contributed by atoms with Gasteiger partial charge in [0.05, 0.1) is 13.1 Å². The van der Waals surface area contributed by atoms with Gasteiger partial charge in [0.2, 0.25) is 5.88 Å². The number of halogens is 1. The maximum atomic E-state index is 5.92. The van der Waals surface area contributed by atoms with Crippen LogP contribution in [-0.4, -0.2) is 48.6 Å². The topological polar surface area (TPSA) is 49.8 Å². The Labute approximate surface area is 171 Å². The van der Waals surface area contributed by atoms with Crippen molar-refractivity contribution in [2.45, 2.75) is 12.5 Å². The first-order valence-corrected chi connectivity index (χ1v) is 8.42. The predicted octanol–water partition coefficient (Wildman–Crippen LogP) is 2.78. The first-order valence-electron chi connectivity index (χ1n) is 8.42. The second-order valence-corrected chi connectivity index (χ2v) is 5.71. The lowest BCUT2D eigenvalue weighted by Gasteiger charge is -2.20. The van der Waals surface area contributed by atoms with E-state index in [1.807, 2.05) is 48.5 Å². The number of ether oxygens (including phenoxy) is 1. The van der Waals surface area contributed by atoms with E-state index in [-0.39, 0.29) is 30.1 Å². The summed E-state index contributed by atoms with van der Waals surface area (Å²) in [6.07, 6.45) is 2.82. The fraction of sp³-hybridized carbons (Fsp3) is 0.300. The lowest BCUT2D eigenvalue weighted by atomic mass is 10.2. The maximum absolute atomic E-state index is 5.92. The SMILES string of the molecule is CN=C(NCC#Cc1ccccc1)N1CCC(Oc2ccccn2)C1.I. The number of hydrogen-bond acceptors (Lipinski definition) is 3. The number of nitrogens with one attached hydrogen (secondary N) is 1. The summed E-state index contributed by atoms with van der Waals surface area (Å²) in [4.78, 5) is 10.8. The van der Waals surface area contributed by atoms with Gasteiger partial charge in [0, 0.05) is 37.8 Å². The number of aliphatic imine (C=N–C) groups is 1. The Kier molecular flexibility index (Phi) is 8.22. The average Bonchev–Trinajstić information content (AvgIpc) is 3.12. The van der Waals surface area contributed by atoms with Gasteiger partial charge in [-0.1, -0.05) is 36.1 Å². The van der Waals surface area contributed by atoms with Gasteiger partial charge in [-0.2, -0.15) is 0 Å². The van der Waals surface area contributed by atoms with E-state index in [0.717, 1.165) is 31.0 Å². The molecule has 0 saturated carbocycles. The lowest BCUT2D eigenvalue weighted by Crippen LogP contribution is -2.41. The molecule has 1 unspecified atom stereocenters. The molecule has 1 atom stereocenters. The second-order valence-electron chi connectivity index (χ2n) is 5.71. The number of hydrogen-bond donors (Lipinski definition) is 1. The molecule has 0 amide bonds. The van der Waals surface area contributed by atoms with Gasteiger partial charge in [0.1, 0.15) is 6.10 Å². The zero-order chi connectivity index (χ0) is 17.3.